The number of esters is 1. The molecule has 40 heavy (non-hydrogen) atoms. The Morgan fingerprint density at radius 3 is 2.58 bits per heavy atom. The van der Waals surface area contributed by atoms with E-state index in [1.807, 2.05) is 12.1 Å². The van der Waals surface area contributed by atoms with Crippen molar-refractivity contribution in [3.05, 3.63) is 77.9 Å². The smallest absolute Gasteiger partial charge is 0.416 e. The van der Waals surface area contributed by atoms with Gasteiger partial charge in [0.25, 0.3) is 5.91 Å². The Kier molecular flexibility index (Phi) is 8.04. The Balaban J connectivity index is 1.62. The molecule has 4 rings (SSSR count). The fourth-order valence-electron chi connectivity index (χ4n) is 6.54. The molecule has 6 nitrogen and oxygen atoms in total. The molecule has 2 aromatic rings. The zero-order chi connectivity index (χ0) is 29.2. The summed E-state index contributed by atoms with van der Waals surface area (Å²) in [6, 6.07) is 11.0. The molecule has 2 aliphatic rings. The highest BCUT2D eigenvalue weighted by Crippen LogP contribution is 2.55. The van der Waals surface area contributed by atoms with E-state index in [-0.39, 0.29) is 17.8 Å². The van der Waals surface area contributed by atoms with Gasteiger partial charge in [-0.3, -0.25) is 9.59 Å². The third kappa shape index (κ3) is 6.02. The van der Waals surface area contributed by atoms with Crippen molar-refractivity contribution < 1.29 is 37.1 Å². The highest BCUT2D eigenvalue weighted by Gasteiger charge is 2.64. The molecule has 0 spiro atoms. The third-order valence-electron chi connectivity index (χ3n) is 8.25. The summed E-state index contributed by atoms with van der Waals surface area (Å²) < 4.78 is 45.3. The zero-order valence-corrected chi connectivity index (χ0v) is 22.7. The molecule has 1 saturated heterocycles. The summed E-state index contributed by atoms with van der Waals surface area (Å²) in [5, 5.41) is 13.3. The lowest BCUT2D eigenvalue weighted by Crippen LogP contribution is -2.72. The van der Waals surface area contributed by atoms with Crippen molar-refractivity contribution in [2.75, 3.05) is 26.7 Å². The number of quaternary nitrogens is 1. The maximum absolute atomic E-state index is 12.8. The number of likely N-dealkylation sites (N-methyl/N-ethyl adjacent to an activating group) is 1. The van der Waals surface area contributed by atoms with Gasteiger partial charge >= 0.3 is 12.1 Å². The molecular formula is C31H34F3N2O4+. The molecule has 1 aliphatic heterocycles. The van der Waals surface area contributed by atoms with Gasteiger partial charge in [-0.2, -0.15) is 13.2 Å². The molecule has 2 N–H and O–H groups in total. The molecule has 1 unspecified atom stereocenters. The van der Waals surface area contributed by atoms with E-state index in [1.165, 1.54) is 19.1 Å². The first-order valence-electron chi connectivity index (χ1n) is 13.2. The number of benzene rings is 2. The van der Waals surface area contributed by atoms with Crippen molar-refractivity contribution in [1.29, 1.82) is 0 Å². The summed E-state index contributed by atoms with van der Waals surface area (Å²) in [7, 11) is 2.12. The molecule has 1 heterocycles. The molecule has 1 saturated carbocycles. The van der Waals surface area contributed by atoms with Crippen LogP contribution in [-0.4, -0.2) is 59.8 Å². The highest BCUT2D eigenvalue weighted by molar-refractivity contribution is 5.94. The average molecular weight is 556 g/mol. The molecule has 2 aromatic carbocycles. The van der Waals surface area contributed by atoms with Gasteiger partial charge in [-0.1, -0.05) is 24.6 Å². The third-order valence-corrected chi connectivity index (χ3v) is 8.25. The second-order valence-corrected chi connectivity index (χ2v) is 11.2. The van der Waals surface area contributed by atoms with Gasteiger partial charge in [-0.15, -0.1) is 0 Å². The number of hydrogen-bond donors (Lipinski definition) is 2. The van der Waals surface area contributed by atoms with E-state index in [2.05, 4.69) is 30.8 Å². The number of alkyl halides is 3. The van der Waals surface area contributed by atoms with E-state index >= 15 is 0 Å². The number of halogens is 3. The van der Waals surface area contributed by atoms with Crippen LogP contribution in [0.15, 0.2) is 61.2 Å². The molecule has 1 amide bonds. The molecule has 1 aliphatic carbocycles. The molecule has 2 fully saturated rings. The highest BCUT2D eigenvalue weighted by atomic mass is 19.4. The molecule has 0 bridgehead atoms. The SMILES string of the molecule is C=CC[N@@+]1(C)CC[C@@]2(c3cccc(O)c3)C[C@@H](NC(=O)C#Cc3ccc(C(F)(F)F)cc3)CCC2(OC(C)=O)C1. The van der Waals surface area contributed by atoms with E-state index < -0.39 is 28.7 Å². The standard InChI is InChI=1S/C31H33F3N2O4/c1-4-17-36(3)18-16-29(25-6-5-7-27(38)19-25)20-26(14-15-30(29,21-36)40-22(2)37)35-28(39)13-10-23-8-11-24(12-9-23)31(32,33)34/h4-9,11-12,19,26H,1,14-18,20-21H2,2-3H3,(H-,35,38,39)/p+1/t26-,29-,30?,36-/m0/s1. The van der Waals surface area contributed by atoms with Gasteiger partial charge in [0.1, 0.15) is 12.3 Å². The van der Waals surface area contributed by atoms with Crippen molar-refractivity contribution in [3.63, 3.8) is 0 Å². The monoisotopic (exact) mass is 555 g/mol. The average Bonchev–Trinajstić information content (AvgIpc) is 2.87. The number of phenolic OH excluding ortho intramolecular Hbond substituents is 1. The van der Waals surface area contributed by atoms with Gasteiger partial charge < -0.3 is 19.6 Å². The number of hydrogen-bond acceptors (Lipinski definition) is 4. The summed E-state index contributed by atoms with van der Waals surface area (Å²) in [5.74, 6) is 4.29. The number of ether oxygens (including phenoxy) is 1. The van der Waals surface area contributed by atoms with Gasteiger partial charge in [0, 0.05) is 36.3 Å². The topological polar surface area (TPSA) is 75.6 Å². The van der Waals surface area contributed by atoms with Crippen molar-refractivity contribution >= 4 is 11.9 Å². The van der Waals surface area contributed by atoms with Crippen LogP contribution < -0.4 is 5.32 Å². The van der Waals surface area contributed by atoms with Crippen LogP contribution in [0.1, 0.15) is 49.3 Å². The van der Waals surface area contributed by atoms with E-state index in [9.17, 15) is 27.9 Å². The van der Waals surface area contributed by atoms with Crippen LogP contribution in [0.3, 0.4) is 0 Å². The predicted molar refractivity (Wildman–Crippen MR) is 144 cm³/mol. The van der Waals surface area contributed by atoms with Crippen LogP contribution in [0.2, 0.25) is 0 Å². The molecule has 0 radical (unpaired) electrons. The number of carbonyl (C=O) groups excluding carboxylic acids is 2. The van der Waals surface area contributed by atoms with E-state index in [4.69, 9.17) is 4.74 Å². The Labute approximate surface area is 232 Å². The lowest BCUT2D eigenvalue weighted by Gasteiger charge is -2.60. The summed E-state index contributed by atoms with van der Waals surface area (Å²) in [4.78, 5) is 25.3. The summed E-state index contributed by atoms with van der Waals surface area (Å²) >= 11 is 0. The summed E-state index contributed by atoms with van der Waals surface area (Å²) in [5.41, 5.74) is -1.19. The number of rotatable bonds is 5. The molecule has 0 aromatic heterocycles. The van der Waals surface area contributed by atoms with E-state index in [1.54, 1.807) is 18.2 Å². The zero-order valence-electron chi connectivity index (χ0n) is 22.7. The fourth-order valence-corrected chi connectivity index (χ4v) is 6.54. The van der Waals surface area contributed by atoms with Crippen molar-refractivity contribution in [3.8, 4) is 17.6 Å². The number of nitrogens with zero attached hydrogens (tertiary/aromatic N) is 1. The maximum atomic E-state index is 12.8. The van der Waals surface area contributed by atoms with Crippen LogP contribution in [0, 0.1) is 11.8 Å². The second kappa shape index (κ2) is 11.0. The van der Waals surface area contributed by atoms with Gasteiger partial charge in [0.15, 0.2) is 5.60 Å². The summed E-state index contributed by atoms with van der Waals surface area (Å²) in [6.07, 6.45) is -0.439. The lowest BCUT2D eigenvalue weighted by atomic mass is 9.54. The number of fused-ring (bicyclic) bond motifs is 1. The summed E-state index contributed by atoms with van der Waals surface area (Å²) in [6.45, 7) is 7.35. The number of carbonyl (C=O) groups is 2. The van der Waals surface area contributed by atoms with Crippen molar-refractivity contribution in [2.24, 2.45) is 0 Å². The Bertz CT molecular complexity index is 1350. The van der Waals surface area contributed by atoms with Gasteiger partial charge in [0.05, 0.1) is 25.7 Å². The number of piperidine rings is 1. The Hall–Kier alpha value is -3.77. The molecule has 212 valence electrons. The molecular weight excluding hydrogens is 521 g/mol. The van der Waals surface area contributed by atoms with Gasteiger partial charge in [-0.05, 0) is 67.3 Å². The van der Waals surface area contributed by atoms with Crippen molar-refractivity contribution in [2.45, 2.75) is 55.8 Å². The van der Waals surface area contributed by atoms with Crippen LogP contribution in [0.25, 0.3) is 0 Å². The second-order valence-electron chi connectivity index (χ2n) is 11.2. The van der Waals surface area contributed by atoms with Crippen molar-refractivity contribution in [1.82, 2.24) is 5.32 Å². The maximum Gasteiger partial charge on any atom is 0.416 e. The Morgan fingerprint density at radius 1 is 1.23 bits per heavy atom. The minimum Gasteiger partial charge on any atom is -0.508 e. The van der Waals surface area contributed by atoms with Crippen LogP contribution in [-0.2, 0) is 25.9 Å². The number of amides is 1. The first-order valence-corrected chi connectivity index (χ1v) is 13.2. The first-order chi connectivity index (χ1) is 18.8. The van der Waals surface area contributed by atoms with E-state index in [0.29, 0.717) is 48.8 Å². The fraction of sp³-hybridized carbons (Fsp3) is 0.419. The van der Waals surface area contributed by atoms with Gasteiger partial charge in [0.2, 0.25) is 0 Å². The number of aromatic hydroxyl groups is 1. The van der Waals surface area contributed by atoms with Crippen LogP contribution in [0.4, 0.5) is 13.2 Å². The normalized spacial score (nSPS) is 27.9. The predicted octanol–water partition coefficient (Wildman–Crippen LogP) is 4.71. The first kappa shape index (κ1) is 29.2. The minimum atomic E-state index is -4.45. The quantitative estimate of drug-likeness (QED) is 0.243. The van der Waals surface area contributed by atoms with E-state index in [0.717, 1.165) is 24.2 Å². The van der Waals surface area contributed by atoms with Gasteiger partial charge in [-0.25, -0.2) is 0 Å². The number of phenols is 1. The molecule has 4 atom stereocenters. The number of likely N-dealkylation sites (tertiary alicyclic amines) is 1. The van der Waals surface area contributed by atoms with Crippen LogP contribution >= 0.6 is 0 Å². The minimum absolute atomic E-state index is 0.103. The lowest BCUT2D eigenvalue weighted by molar-refractivity contribution is -0.917. The van der Waals surface area contributed by atoms with Crippen LogP contribution in [0.5, 0.6) is 5.75 Å². The largest absolute Gasteiger partial charge is 0.508 e. The molecule has 9 heteroatoms. The Morgan fingerprint density at radius 2 is 1.95 bits per heavy atom. The number of nitrogens with one attached hydrogen (secondary N) is 1.